The third kappa shape index (κ3) is 6.98. The molecule has 0 unspecified atom stereocenters. The molecule has 0 saturated carbocycles. The molecule has 0 radical (unpaired) electrons. The molecule has 4 amide bonds. The molecular weight excluding hydrogens is 412 g/mol. The maximum Gasteiger partial charge on any atom is 0.321 e. The Labute approximate surface area is 197 Å². The average Bonchev–Trinajstić information content (AvgIpc) is 2.86. The maximum atomic E-state index is 12.5. The second kappa shape index (κ2) is 11.7. The van der Waals surface area contributed by atoms with Crippen LogP contribution in [0.15, 0.2) is 60.7 Å². The number of carbonyl (C=O) groups is 2. The van der Waals surface area contributed by atoms with Gasteiger partial charge in [-0.05, 0) is 61.8 Å². The Morgan fingerprint density at radius 1 is 0.636 bits per heavy atom. The molecule has 0 bridgehead atoms. The summed E-state index contributed by atoms with van der Waals surface area (Å²) in [6, 6.07) is 19.4. The molecule has 4 rings (SSSR count). The summed E-state index contributed by atoms with van der Waals surface area (Å²) >= 11 is 0. The van der Waals surface area contributed by atoms with Gasteiger partial charge in [0.25, 0.3) is 0 Å². The molecule has 2 aliphatic rings. The molecule has 0 atom stereocenters. The first-order chi connectivity index (χ1) is 16.2. The van der Waals surface area contributed by atoms with E-state index in [1.54, 1.807) is 0 Å². The molecular formula is C27H36N4O2. The third-order valence-electron chi connectivity index (χ3n) is 7.08. The van der Waals surface area contributed by atoms with Crippen LogP contribution in [0.5, 0.6) is 0 Å². The van der Waals surface area contributed by atoms with Crippen LogP contribution >= 0.6 is 0 Å². The minimum Gasteiger partial charge on any atom is -0.325 e. The van der Waals surface area contributed by atoms with Gasteiger partial charge >= 0.3 is 12.1 Å². The zero-order valence-electron chi connectivity index (χ0n) is 19.4. The SMILES string of the molecule is O=C(Nc1ccccc1)N1CCC(CCCC2CCN(C(=O)Nc3ccccc3)CC2)CC1. The lowest BCUT2D eigenvalue weighted by atomic mass is 9.87. The number of urea groups is 2. The topological polar surface area (TPSA) is 64.7 Å². The van der Waals surface area contributed by atoms with Crippen molar-refractivity contribution < 1.29 is 9.59 Å². The summed E-state index contributed by atoms with van der Waals surface area (Å²) in [5.41, 5.74) is 1.71. The number of likely N-dealkylation sites (tertiary alicyclic amines) is 2. The van der Waals surface area contributed by atoms with E-state index in [-0.39, 0.29) is 12.1 Å². The lowest BCUT2D eigenvalue weighted by Crippen LogP contribution is -2.41. The van der Waals surface area contributed by atoms with Crippen molar-refractivity contribution in [3.63, 3.8) is 0 Å². The molecule has 2 aromatic carbocycles. The molecule has 2 fully saturated rings. The van der Waals surface area contributed by atoms with Crippen LogP contribution in [-0.4, -0.2) is 48.0 Å². The molecule has 2 aromatic rings. The van der Waals surface area contributed by atoms with Crippen molar-refractivity contribution in [3.05, 3.63) is 60.7 Å². The summed E-state index contributed by atoms with van der Waals surface area (Å²) in [7, 11) is 0. The number of anilines is 2. The first kappa shape index (κ1) is 23.1. The predicted octanol–water partition coefficient (Wildman–Crippen LogP) is 6.04. The zero-order chi connectivity index (χ0) is 22.9. The van der Waals surface area contributed by atoms with Crippen molar-refractivity contribution in [1.82, 2.24) is 9.80 Å². The van der Waals surface area contributed by atoms with E-state index in [1.165, 1.54) is 19.3 Å². The fourth-order valence-electron chi connectivity index (χ4n) is 4.99. The Hall–Kier alpha value is -3.02. The van der Waals surface area contributed by atoms with Gasteiger partial charge in [-0.15, -0.1) is 0 Å². The smallest absolute Gasteiger partial charge is 0.321 e. The Bertz CT molecular complexity index is 800. The Kier molecular flexibility index (Phi) is 8.23. The van der Waals surface area contributed by atoms with Gasteiger partial charge in [-0.25, -0.2) is 9.59 Å². The van der Waals surface area contributed by atoms with E-state index in [4.69, 9.17) is 0 Å². The van der Waals surface area contributed by atoms with Crippen LogP contribution in [0.4, 0.5) is 21.0 Å². The number of nitrogens with one attached hydrogen (secondary N) is 2. The fourth-order valence-corrected chi connectivity index (χ4v) is 4.99. The average molecular weight is 449 g/mol. The number of carbonyl (C=O) groups excluding carboxylic acids is 2. The molecule has 0 aliphatic carbocycles. The fraction of sp³-hybridized carbons (Fsp3) is 0.481. The summed E-state index contributed by atoms with van der Waals surface area (Å²) in [5, 5.41) is 5.98. The van der Waals surface area contributed by atoms with Crippen molar-refractivity contribution in [2.24, 2.45) is 11.8 Å². The van der Waals surface area contributed by atoms with Gasteiger partial charge in [-0.3, -0.25) is 0 Å². The van der Waals surface area contributed by atoms with Crippen LogP contribution in [0.25, 0.3) is 0 Å². The molecule has 6 heteroatoms. The van der Waals surface area contributed by atoms with Crippen LogP contribution in [-0.2, 0) is 0 Å². The first-order valence-electron chi connectivity index (χ1n) is 12.4. The second-order valence-corrected chi connectivity index (χ2v) is 9.38. The minimum atomic E-state index is 0.0164. The van der Waals surface area contributed by atoms with Crippen LogP contribution in [0.2, 0.25) is 0 Å². The van der Waals surface area contributed by atoms with Crippen molar-refractivity contribution in [3.8, 4) is 0 Å². The lowest BCUT2D eigenvalue weighted by Gasteiger charge is -2.33. The van der Waals surface area contributed by atoms with Crippen LogP contribution in [0.1, 0.15) is 44.9 Å². The van der Waals surface area contributed by atoms with Gasteiger partial charge < -0.3 is 20.4 Å². The number of piperidine rings is 2. The number of nitrogens with zero attached hydrogens (tertiary/aromatic N) is 2. The summed E-state index contributed by atoms with van der Waals surface area (Å²) in [4.78, 5) is 28.8. The van der Waals surface area contributed by atoms with Crippen molar-refractivity contribution in [2.45, 2.75) is 44.9 Å². The van der Waals surface area contributed by atoms with E-state index in [0.29, 0.717) is 0 Å². The number of amides is 4. The number of para-hydroxylation sites is 2. The van der Waals surface area contributed by atoms with Gasteiger partial charge in [-0.1, -0.05) is 55.7 Å². The third-order valence-corrected chi connectivity index (χ3v) is 7.08. The van der Waals surface area contributed by atoms with E-state index < -0.39 is 0 Å². The molecule has 0 aromatic heterocycles. The summed E-state index contributed by atoms with van der Waals surface area (Å²) < 4.78 is 0. The molecule has 176 valence electrons. The first-order valence-corrected chi connectivity index (χ1v) is 12.4. The largest absolute Gasteiger partial charge is 0.325 e. The highest BCUT2D eigenvalue weighted by Crippen LogP contribution is 2.28. The number of hydrogen-bond donors (Lipinski definition) is 2. The number of rotatable bonds is 6. The highest BCUT2D eigenvalue weighted by molar-refractivity contribution is 5.89. The molecule has 0 spiro atoms. The number of hydrogen-bond acceptors (Lipinski definition) is 2. The van der Waals surface area contributed by atoms with Gasteiger partial charge in [-0.2, -0.15) is 0 Å². The van der Waals surface area contributed by atoms with E-state index in [9.17, 15) is 9.59 Å². The summed E-state index contributed by atoms with van der Waals surface area (Å²) in [5.74, 6) is 1.45. The standard InChI is InChI=1S/C27H36N4O2/c32-26(28-24-10-3-1-4-11-24)30-18-14-22(15-19-30)8-7-9-23-16-20-31(21-17-23)27(33)29-25-12-5-2-6-13-25/h1-6,10-13,22-23H,7-9,14-21H2,(H,28,32)(H,29,33). The molecule has 2 heterocycles. The van der Waals surface area contributed by atoms with Crippen molar-refractivity contribution >= 4 is 23.4 Å². The van der Waals surface area contributed by atoms with Gasteiger partial charge in [0.15, 0.2) is 0 Å². The van der Waals surface area contributed by atoms with E-state index in [1.807, 2.05) is 70.5 Å². The summed E-state index contributed by atoms with van der Waals surface area (Å²) in [6.45, 7) is 3.38. The molecule has 33 heavy (non-hydrogen) atoms. The highest BCUT2D eigenvalue weighted by atomic mass is 16.2. The van der Waals surface area contributed by atoms with Crippen molar-refractivity contribution in [1.29, 1.82) is 0 Å². The molecule has 2 N–H and O–H groups in total. The van der Waals surface area contributed by atoms with Crippen molar-refractivity contribution in [2.75, 3.05) is 36.8 Å². The quantitative estimate of drug-likeness (QED) is 0.565. The second-order valence-electron chi connectivity index (χ2n) is 9.38. The lowest BCUT2D eigenvalue weighted by molar-refractivity contribution is 0.170. The maximum absolute atomic E-state index is 12.5. The highest BCUT2D eigenvalue weighted by Gasteiger charge is 2.25. The molecule has 2 saturated heterocycles. The van der Waals surface area contributed by atoms with Crippen LogP contribution in [0, 0.1) is 11.8 Å². The monoisotopic (exact) mass is 448 g/mol. The van der Waals surface area contributed by atoms with Gasteiger partial charge in [0, 0.05) is 37.6 Å². The molecule has 2 aliphatic heterocycles. The Balaban J connectivity index is 1.08. The normalized spacial score (nSPS) is 17.6. The zero-order valence-corrected chi connectivity index (χ0v) is 19.4. The Morgan fingerprint density at radius 2 is 1.00 bits per heavy atom. The summed E-state index contributed by atoms with van der Waals surface area (Å²) in [6.07, 6.45) is 8.15. The Morgan fingerprint density at radius 3 is 1.36 bits per heavy atom. The number of benzene rings is 2. The molecule has 6 nitrogen and oxygen atoms in total. The van der Waals surface area contributed by atoms with Crippen LogP contribution < -0.4 is 10.6 Å². The van der Waals surface area contributed by atoms with Gasteiger partial charge in [0.1, 0.15) is 0 Å². The van der Waals surface area contributed by atoms with Gasteiger partial charge in [0.05, 0.1) is 0 Å². The van der Waals surface area contributed by atoms with E-state index in [0.717, 1.165) is 75.1 Å². The van der Waals surface area contributed by atoms with E-state index >= 15 is 0 Å². The predicted molar refractivity (Wildman–Crippen MR) is 133 cm³/mol. The van der Waals surface area contributed by atoms with Gasteiger partial charge in [0.2, 0.25) is 0 Å². The van der Waals surface area contributed by atoms with E-state index in [2.05, 4.69) is 10.6 Å². The van der Waals surface area contributed by atoms with Crippen LogP contribution in [0.3, 0.4) is 0 Å². The minimum absolute atomic E-state index is 0.0164.